The van der Waals surface area contributed by atoms with Gasteiger partial charge in [0.25, 0.3) is 0 Å². The summed E-state index contributed by atoms with van der Waals surface area (Å²) in [5.41, 5.74) is 6.43. The molecule has 6 heteroatoms. The predicted octanol–water partition coefficient (Wildman–Crippen LogP) is 0.0686. The van der Waals surface area contributed by atoms with Crippen molar-refractivity contribution in [3.8, 4) is 0 Å². The SMILES string of the molecule is CC(=O)n1cnc2c(N)ncnc21. The highest BCUT2D eigenvalue weighted by atomic mass is 16.1. The minimum atomic E-state index is -0.152. The first kappa shape index (κ1) is 7.66. The quantitative estimate of drug-likeness (QED) is 0.615. The number of nitrogen functional groups attached to an aromatic ring is 1. The highest BCUT2D eigenvalue weighted by molar-refractivity contribution is 5.90. The lowest BCUT2D eigenvalue weighted by atomic mass is 10.5. The molecule has 0 aliphatic heterocycles. The molecule has 2 aromatic heterocycles. The number of imidazole rings is 1. The lowest BCUT2D eigenvalue weighted by molar-refractivity contribution is 0.0940. The number of hydrogen-bond donors (Lipinski definition) is 1. The average Bonchev–Trinajstić information content (AvgIpc) is 2.48. The zero-order chi connectivity index (χ0) is 9.42. The van der Waals surface area contributed by atoms with Crippen molar-refractivity contribution in [1.82, 2.24) is 19.5 Å². The maximum atomic E-state index is 11.1. The zero-order valence-corrected chi connectivity index (χ0v) is 6.93. The van der Waals surface area contributed by atoms with E-state index in [1.807, 2.05) is 0 Å². The van der Waals surface area contributed by atoms with E-state index in [1.165, 1.54) is 24.1 Å². The van der Waals surface area contributed by atoms with Gasteiger partial charge in [0.15, 0.2) is 17.0 Å². The fourth-order valence-corrected chi connectivity index (χ4v) is 1.08. The van der Waals surface area contributed by atoms with Crippen LogP contribution in [0.2, 0.25) is 0 Å². The van der Waals surface area contributed by atoms with E-state index in [-0.39, 0.29) is 11.7 Å². The molecule has 0 aromatic carbocycles. The number of nitrogens with two attached hydrogens (primary N) is 1. The molecule has 0 bridgehead atoms. The van der Waals surface area contributed by atoms with Gasteiger partial charge in [0.05, 0.1) is 0 Å². The van der Waals surface area contributed by atoms with Gasteiger partial charge in [-0.15, -0.1) is 0 Å². The number of fused-ring (bicyclic) bond motifs is 1. The minimum Gasteiger partial charge on any atom is -0.382 e. The van der Waals surface area contributed by atoms with Crippen molar-refractivity contribution in [2.45, 2.75) is 6.92 Å². The standard InChI is InChI=1S/C7H7N5O/c1-4(13)12-3-11-5-6(8)9-2-10-7(5)12/h2-3H,1H3,(H2,8,9,10). The predicted molar refractivity (Wildman–Crippen MR) is 46.0 cm³/mol. The van der Waals surface area contributed by atoms with Gasteiger partial charge in [-0.05, 0) is 0 Å². The molecule has 66 valence electrons. The van der Waals surface area contributed by atoms with Gasteiger partial charge in [-0.2, -0.15) is 0 Å². The van der Waals surface area contributed by atoms with Crippen molar-refractivity contribution in [3.05, 3.63) is 12.7 Å². The van der Waals surface area contributed by atoms with Crippen molar-refractivity contribution < 1.29 is 4.79 Å². The molecule has 2 aromatic rings. The molecule has 2 heterocycles. The van der Waals surface area contributed by atoms with E-state index < -0.39 is 0 Å². The van der Waals surface area contributed by atoms with E-state index in [2.05, 4.69) is 15.0 Å². The summed E-state index contributed by atoms with van der Waals surface area (Å²) in [4.78, 5) is 22.7. The zero-order valence-electron chi connectivity index (χ0n) is 6.93. The van der Waals surface area contributed by atoms with Crippen molar-refractivity contribution >= 4 is 22.9 Å². The Labute approximate surface area is 73.4 Å². The Morgan fingerprint density at radius 3 is 2.92 bits per heavy atom. The smallest absolute Gasteiger partial charge is 0.230 e. The number of anilines is 1. The second-order valence-electron chi connectivity index (χ2n) is 2.56. The van der Waals surface area contributed by atoms with Crippen LogP contribution in [0.5, 0.6) is 0 Å². The van der Waals surface area contributed by atoms with E-state index >= 15 is 0 Å². The molecule has 0 radical (unpaired) electrons. The van der Waals surface area contributed by atoms with Crippen LogP contribution in [0.3, 0.4) is 0 Å². The average molecular weight is 177 g/mol. The van der Waals surface area contributed by atoms with Crippen LogP contribution in [0.25, 0.3) is 11.2 Å². The van der Waals surface area contributed by atoms with Crippen molar-refractivity contribution in [2.24, 2.45) is 0 Å². The van der Waals surface area contributed by atoms with Crippen LogP contribution in [0.4, 0.5) is 5.82 Å². The summed E-state index contributed by atoms with van der Waals surface area (Å²) >= 11 is 0. The highest BCUT2D eigenvalue weighted by Crippen LogP contribution is 2.13. The third-order valence-electron chi connectivity index (χ3n) is 1.70. The lowest BCUT2D eigenvalue weighted by Crippen LogP contribution is -2.04. The molecule has 0 saturated carbocycles. The largest absolute Gasteiger partial charge is 0.382 e. The molecule has 0 aliphatic rings. The van der Waals surface area contributed by atoms with E-state index in [0.29, 0.717) is 11.2 Å². The summed E-state index contributed by atoms with van der Waals surface area (Å²) in [7, 11) is 0. The van der Waals surface area contributed by atoms with Gasteiger partial charge in [-0.3, -0.25) is 9.36 Å². The van der Waals surface area contributed by atoms with Gasteiger partial charge in [-0.25, -0.2) is 15.0 Å². The maximum absolute atomic E-state index is 11.1. The Kier molecular flexibility index (Phi) is 1.48. The van der Waals surface area contributed by atoms with Crippen LogP contribution in [-0.4, -0.2) is 25.4 Å². The van der Waals surface area contributed by atoms with E-state index in [9.17, 15) is 4.79 Å². The number of nitrogens with zero attached hydrogens (tertiary/aromatic N) is 4. The molecule has 0 amide bonds. The fraction of sp³-hybridized carbons (Fsp3) is 0.143. The minimum absolute atomic E-state index is 0.152. The summed E-state index contributed by atoms with van der Waals surface area (Å²) in [6.45, 7) is 1.43. The van der Waals surface area contributed by atoms with Crippen LogP contribution in [0, 0.1) is 0 Å². The van der Waals surface area contributed by atoms with Gasteiger partial charge in [-0.1, -0.05) is 0 Å². The molecular formula is C7H7N5O. The normalized spacial score (nSPS) is 10.5. The Balaban J connectivity index is 2.83. The number of rotatable bonds is 0. The number of carbonyl (C=O) groups is 1. The molecule has 6 nitrogen and oxygen atoms in total. The Bertz CT molecular complexity index is 475. The number of hydrogen-bond acceptors (Lipinski definition) is 5. The van der Waals surface area contributed by atoms with Gasteiger partial charge in [0, 0.05) is 6.92 Å². The molecule has 13 heavy (non-hydrogen) atoms. The maximum Gasteiger partial charge on any atom is 0.230 e. The Hall–Kier alpha value is -1.98. The summed E-state index contributed by atoms with van der Waals surface area (Å²) in [6, 6.07) is 0. The van der Waals surface area contributed by atoms with Gasteiger partial charge < -0.3 is 5.73 Å². The summed E-state index contributed by atoms with van der Waals surface area (Å²) in [6.07, 6.45) is 2.69. The molecular weight excluding hydrogens is 170 g/mol. The number of carbonyl (C=O) groups excluding carboxylic acids is 1. The molecule has 0 spiro atoms. The van der Waals surface area contributed by atoms with Gasteiger partial charge in [0.2, 0.25) is 5.91 Å². The molecule has 2 N–H and O–H groups in total. The van der Waals surface area contributed by atoms with Crippen molar-refractivity contribution in [3.63, 3.8) is 0 Å². The lowest BCUT2D eigenvalue weighted by Gasteiger charge is -1.95. The molecule has 0 aliphatic carbocycles. The first-order valence-corrected chi connectivity index (χ1v) is 3.64. The van der Waals surface area contributed by atoms with Crippen LogP contribution < -0.4 is 5.73 Å². The van der Waals surface area contributed by atoms with Crippen LogP contribution in [-0.2, 0) is 0 Å². The van der Waals surface area contributed by atoms with Gasteiger partial charge in [0.1, 0.15) is 12.7 Å². The van der Waals surface area contributed by atoms with Crippen LogP contribution in [0.1, 0.15) is 11.7 Å². The Morgan fingerprint density at radius 2 is 2.23 bits per heavy atom. The third-order valence-corrected chi connectivity index (χ3v) is 1.70. The van der Waals surface area contributed by atoms with Crippen LogP contribution in [0.15, 0.2) is 12.7 Å². The third kappa shape index (κ3) is 1.03. The molecule has 2 rings (SSSR count). The second-order valence-corrected chi connectivity index (χ2v) is 2.56. The highest BCUT2D eigenvalue weighted by Gasteiger charge is 2.09. The van der Waals surface area contributed by atoms with Crippen molar-refractivity contribution in [2.75, 3.05) is 5.73 Å². The van der Waals surface area contributed by atoms with Crippen LogP contribution >= 0.6 is 0 Å². The second kappa shape index (κ2) is 2.51. The van der Waals surface area contributed by atoms with Gasteiger partial charge >= 0.3 is 0 Å². The van der Waals surface area contributed by atoms with E-state index in [1.54, 1.807) is 0 Å². The van der Waals surface area contributed by atoms with E-state index in [4.69, 9.17) is 5.73 Å². The van der Waals surface area contributed by atoms with Crippen molar-refractivity contribution in [1.29, 1.82) is 0 Å². The fourth-order valence-electron chi connectivity index (χ4n) is 1.08. The molecule has 0 atom stereocenters. The first-order chi connectivity index (χ1) is 6.20. The van der Waals surface area contributed by atoms with E-state index in [0.717, 1.165) is 0 Å². The molecule has 0 fully saturated rings. The summed E-state index contributed by atoms with van der Waals surface area (Å²) in [5.74, 6) is 0.130. The first-order valence-electron chi connectivity index (χ1n) is 3.64. The summed E-state index contributed by atoms with van der Waals surface area (Å²) in [5, 5.41) is 0. The Morgan fingerprint density at radius 1 is 1.46 bits per heavy atom. The summed E-state index contributed by atoms with van der Waals surface area (Å²) < 4.78 is 1.33. The molecule has 0 saturated heterocycles. The monoisotopic (exact) mass is 177 g/mol. The number of aromatic nitrogens is 4. The topological polar surface area (TPSA) is 86.7 Å². The molecule has 0 unspecified atom stereocenters.